The van der Waals surface area contributed by atoms with Crippen LogP contribution in [0.3, 0.4) is 0 Å². The summed E-state index contributed by atoms with van der Waals surface area (Å²) in [4.78, 5) is 17.5. The minimum absolute atomic E-state index is 0.118. The number of rotatable bonds is 3. The largest absolute Gasteiger partial charge is 0.416 e. The van der Waals surface area contributed by atoms with E-state index in [0.717, 1.165) is 23.4 Å². The standard InChI is InChI=1S/C18H18F3N3O/c19-18(20,21)14-3-1-12(2-4-14)15-11-23-8-5-16(15)24-9-6-13(7-10-24)17(22)25/h1-5,8,11,13H,6-7,9-10H2,(H2,22,25). The van der Waals surface area contributed by atoms with Crippen molar-refractivity contribution in [3.05, 3.63) is 48.3 Å². The Kier molecular flexibility index (Phi) is 4.65. The summed E-state index contributed by atoms with van der Waals surface area (Å²) >= 11 is 0. The number of carbonyl (C=O) groups is 1. The number of aromatic nitrogens is 1. The number of hydrogen-bond donors (Lipinski definition) is 1. The highest BCUT2D eigenvalue weighted by atomic mass is 19.4. The number of hydrogen-bond acceptors (Lipinski definition) is 3. The van der Waals surface area contributed by atoms with Crippen LogP contribution in [-0.4, -0.2) is 24.0 Å². The molecule has 0 saturated carbocycles. The molecule has 1 aromatic heterocycles. The van der Waals surface area contributed by atoms with E-state index >= 15 is 0 Å². The Labute approximate surface area is 143 Å². The zero-order valence-corrected chi connectivity index (χ0v) is 13.5. The Morgan fingerprint density at radius 3 is 2.32 bits per heavy atom. The van der Waals surface area contributed by atoms with E-state index < -0.39 is 11.7 Å². The predicted molar refractivity (Wildman–Crippen MR) is 88.8 cm³/mol. The molecule has 0 aliphatic carbocycles. The zero-order valence-electron chi connectivity index (χ0n) is 13.5. The Bertz CT molecular complexity index is 751. The lowest BCUT2D eigenvalue weighted by molar-refractivity contribution is -0.137. The fourth-order valence-electron chi connectivity index (χ4n) is 3.13. The van der Waals surface area contributed by atoms with E-state index in [4.69, 9.17) is 5.73 Å². The van der Waals surface area contributed by atoms with Gasteiger partial charge >= 0.3 is 6.18 Å². The molecule has 25 heavy (non-hydrogen) atoms. The van der Waals surface area contributed by atoms with Gasteiger partial charge in [0.25, 0.3) is 0 Å². The van der Waals surface area contributed by atoms with Gasteiger partial charge in [0.2, 0.25) is 5.91 Å². The first-order valence-corrected chi connectivity index (χ1v) is 8.02. The molecule has 7 heteroatoms. The fraction of sp³-hybridized carbons (Fsp3) is 0.333. The fourth-order valence-corrected chi connectivity index (χ4v) is 3.13. The van der Waals surface area contributed by atoms with E-state index in [1.165, 1.54) is 12.1 Å². The Hall–Kier alpha value is -2.57. The Balaban J connectivity index is 1.86. The molecule has 1 aliphatic heterocycles. The molecule has 1 fully saturated rings. The molecular weight excluding hydrogens is 331 g/mol. The number of halogens is 3. The molecule has 1 amide bonds. The minimum atomic E-state index is -4.35. The van der Waals surface area contributed by atoms with Crippen LogP contribution >= 0.6 is 0 Å². The van der Waals surface area contributed by atoms with E-state index in [0.29, 0.717) is 31.5 Å². The van der Waals surface area contributed by atoms with Crippen LogP contribution in [0.4, 0.5) is 18.9 Å². The van der Waals surface area contributed by atoms with Gasteiger partial charge < -0.3 is 10.6 Å². The van der Waals surface area contributed by atoms with Crippen molar-refractivity contribution in [1.29, 1.82) is 0 Å². The highest BCUT2D eigenvalue weighted by Crippen LogP contribution is 2.35. The van der Waals surface area contributed by atoms with Gasteiger partial charge in [-0.05, 0) is 36.6 Å². The number of primary amides is 1. The van der Waals surface area contributed by atoms with Crippen LogP contribution in [0, 0.1) is 5.92 Å². The topological polar surface area (TPSA) is 59.2 Å². The van der Waals surface area contributed by atoms with Gasteiger partial charge in [0, 0.05) is 42.7 Å². The van der Waals surface area contributed by atoms with Gasteiger partial charge in [0.15, 0.2) is 0 Å². The molecule has 4 nitrogen and oxygen atoms in total. The van der Waals surface area contributed by atoms with Crippen molar-refractivity contribution in [2.75, 3.05) is 18.0 Å². The molecular formula is C18H18F3N3O. The third-order valence-electron chi connectivity index (χ3n) is 4.56. The summed E-state index contributed by atoms with van der Waals surface area (Å²) in [7, 11) is 0. The highest BCUT2D eigenvalue weighted by Gasteiger charge is 2.30. The van der Waals surface area contributed by atoms with Crippen LogP contribution in [0.15, 0.2) is 42.7 Å². The first-order chi connectivity index (χ1) is 11.9. The van der Waals surface area contributed by atoms with Gasteiger partial charge in [0.1, 0.15) is 0 Å². The molecule has 0 spiro atoms. The number of nitrogens with zero attached hydrogens (tertiary/aromatic N) is 2. The number of piperidine rings is 1. The predicted octanol–water partition coefficient (Wildman–Crippen LogP) is 3.47. The van der Waals surface area contributed by atoms with Crippen molar-refractivity contribution in [3.63, 3.8) is 0 Å². The van der Waals surface area contributed by atoms with E-state index in [1.807, 2.05) is 6.07 Å². The third kappa shape index (κ3) is 3.75. The van der Waals surface area contributed by atoms with Gasteiger partial charge in [-0.15, -0.1) is 0 Å². The van der Waals surface area contributed by atoms with Crippen LogP contribution in [-0.2, 0) is 11.0 Å². The molecule has 0 atom stereocenters. The summed E-state index contributed by atoms with van der Waals surface area (Å²) in [5.41, 5.74) is 7.03. The van der Waals surface area contributed by atoms with E-state index in [1.54, 1.807) is 12.4 Å². The average molecular weight is 349 g/mol. The summed E-state index contributed by atoms with van der Waals surface area (Å²) in [6.45, 7) is 1.34. The van der Waals surface area contributed by atoms with Gasteiger partial charge in [0.05, 0.1) is 5.56 Å². The van der Waals surface area contributed by atoms with E-state index in [2.05, 4.69) is 9.88 Å². The maximum absolute atomic E-state index is 12.7. The summed E-state index contributed by atoms with van der Waals surface area (Å²) in [6, 6.07) is 6.91. The van der Waals surface area contributed by atoms with E-state index in [-0.39, 0.29) is 11.8 Å². The molecule has 3 rings (SSSR count). The van der Waals surface area contributed by atoms with Crippen molar-refractivity contribution in [2.45, 2.75) is 19.0 Å². The Morgan fingerprint density at radius 1 is 1.12 bits per heavy atom. The monoisotopic (exact) mass is 349 g/mol. The number of carbonyl (C=O) groups excluding carboxylic acids is 1. The van der Waals surface area contributed by atoms with Gasteiger partial charge in [-0.1, -0.05) is 12.1 Å². The number of alkyl halides is 3. The van der Waals surface area contributed by atoms with Crippen molar-refractivity contribution < 1.29 is 18.0 Å². The molecule has 2 heterocycles. The Morgan fingerprint density at radius 2 is 1.76 bits per heavy atom. The summed E-state index contributed by atoms with van der Waals surface area (Å²) < 4.78 is 38.2. The maximum Gasteiger partial charge on any atom is 0.416 e. The van der Waals surface area contributed by atoms with Gasteiger partial charge in [-0.2, -0.15) is 13.2 Å². The molecule has 0 bridgehead atoms. The van der Waals surface area contributed by atoms with Crippen molar-refractivity contribution >= 4 is 11.6 Å². The quantitative estimate of drug-likeness (QED) is 0.923. The number of nitrogens with two attached hydrogens (primary N) is 1. The molecule has 1 aliphatic rings. The molecule has 2 N–H and O–H groups in total. The second-order valence-corrected chi connectivity index (χ2v) is 6.13. The molecule has 132 valence electrons. The SMILES string of the molecule is NC(=O)C1CCN(c2ccncc2-c2ccc(C(F)(F)F)cc2)CC1. The zero-order chi connectivity index (χ0) is 18.0. The van der Waals surface area contributed by atoms with Crippen molar-refractivity contribution in [2.24, 2.45) is 11.7 Å². The molecule has 0 unspecified atom stereocenters. The average Bonchev–Trinajstić information content (AvgIpc) is 2.61. The van der Waals surface area contributed by atoms with Crippen molar-refractivity contribution in [3.8, 4) is 11.1 Å². The lowest BCUT2D eigenvalue weighted by Crippen LogP contribution is -2.38. The molecule has 2 aromatic rings. The number of amides is 1. The lowest BCUT2D eigenvalue weighted by Gasteiger charge is -2.33. The minimum Gasteiger partial charge on any atom is -0.371 e. The second-order valence-electron chi connectivity index (χ2n) is 6.13. The summed E-state index contributed by atoms with van der Waals surface area (Å²) in [6.07, 6.45) is 0.294. The van der Waals surface area contributed by atoms with Crippen LogP contribution in [0.25, 0.3) is 11.1 Å². The highest BCUT2D eigenvalue weighted by molar-refractivity contribution is 5.79. The van der Waals surface area contributed by atoms with Crippen LogP contribution in [0.2, 0.25) is 0 Å². The lowest BCUT2D eigenvalue weighted by atomic mass is 9.95. The van der Waals surface area contributed by atoms with Crippen LogP contribution in [0.1, 0.15) is 18.4 Å². The maximum atomic E-state index is 12.7. The first kappa shape index (κ1) is 17.3. The second kappa shape index (κ2) is 6.74. The number of benzene rings is 1. The molecule has 1 saturated heterocycles. The third-order valence-corrected chi connectivity index (χ3v) is 4.56. The molecule has 0 radical (unpaired) electrons. The first-order valence-electron chi connectivity index (χ1n) is 8.02. The summed E-state index contributed by atoms with van der Waals surface area (Å²) in [5, 5.41) is 0. The number of pyridine rings is 1. The summed E-state index contributed by atoms with van der Waals surface area (Å²) in [5.74, 6) is -0.398. The molecule has 1 aromatic carbocycles. The smallest absolute Gasteiger partial charge is 0.371 e. The van der Waals surface area contributed by atoms with Gasteiger partial charge in [-0.3, -0.25) is 9.78 Å². The van der Waals surface area contributed by atoms with Gasteiger partial charge in [-0.25, -0.2) is 0 Å². The van der Waals surface area contributed by atoms with E-state index in [9.17, 15) is 18.0 Å². The normalized spacial score (nSPS) is 16.0. The number of anilines is 1. The van der Waals surface area contributed by atoms with Crippen LogP contribution < -0.4 is 10.6 Å². The van der Waals surface area contributed by atoms with Crippen LogP contribution in [0.5, 0.6) is 0 Å². The van der Waals surface area contributed by atoms with Crippen molar-refractivity contribution in [1.82, 2.24) is 4.98 Å².